The minimum Gasteiger partial charge on any atom is -0.367 e. The third kappa shape index (κ3) is 21.2. The van der Waals surface area contributed by atoms with Crippen LogP contribution in [-0.4, -0.2) is 173 Å². The maximum absolute atomic E-state index is 13.6. The molecule has 0 bridgehead atoms. The molecule has 25 rings (SSSR count). The van der Waals surface area contributed by atoms with Gasteiger partial charge in [-0.05, 0) is 149 Å². The van der Waals surface area contributed by atoms with E-state index >= 15 is 0 Å². The first-order chi connectivity index (χ1) is 69.8. The van der Waals surface area contributed by atoms with Crippen LogP contribution in [0.3, 0.4) is 0 Å². The largest absolute Gasteiger partial charge is 0.367 e. The van der Waals surface area contributed by atoms with Crippen LogP contribution in [0.25, 0.3) is 115 Å². The van der Waals surface area contributed by atoms with Crippen LogP contribution in [0.2, 0.25) is 0 Å². The monoisotopic (exact) mass is 1920 g/mol. The number of rotatable bonds is 23. The van der Waals surface area contributed by atoms with Crippen LogP contribution in [-0.2, 0) is 35.3 Å². The average molecular weight is 1920 g/mol. The van der Waals surface area contributed by atoms with Crippen molar-refractivity contribution in [3.8, 4) is 56.3 Å². The second-order valence-electron chi connectivity index (χ2n) is 37.2. The topological polar surface area (TPSA) is 440 Å². The van der Waals surface area contributed by atoms with Crippen molar-refractivity contribution in [3.05, 3.63) is 300 Å². The first-order valence-electron chi connectivity index (χ1n) is 47.5. The zero-order valence-corrected chi connectivity index (χ0v) is 79.1. The van der Waals surface area contributed by atoms with Gasteiger partial charge in [-0.15, -0.1) is 0 Å². The highest BCUT2D eigenvalue weighted by molar-refractivity contribution is 6.06. The molecule has 10 aliphatic rings. The number of benzene rings is 1. The van der Waals surface area contributed by atoms with E-state index in [9.17, 15) is 33.2 Å². The van der Waals surface area contributed by atoms with E-state index in [1.807, 2.05) is 140 Å². The third-order valence-corrected chi connectivity index (χ3v) is 24.9. The SMILES string of the molecule is C=C1C/C(=C\c2cnn3c(NC4CC4)cc(-c4ccc(N(C)C)nc4)nc23)C(=O)N1.C=C1C/C(=C\c2cnn3c(NC4CC4)cc(-c4cccc(CNC(C)=O)c4)nc23)C(=O)N1.C=C1C/C(=C\c2cnn3c(NC4CC4)cc(-c4cccnc4)nc23)C(=O)N1.C=C1C/C(=C\c2cnn3c(NC4CC4)cc(-c4ccnc(F)c4)nc23)C(=O)N1.C=C1C/C(=C\c2cnn3c(NC4CC4)cc(-c4ccncc4)nc23)C(=O)N1. The summed E-state index contributed by atoms with van der Waals surface area (Å²) >= 11 is 0. The van der Waals surface area contributed by atoms with Crippen LogP contribution in [0.15, 0.2) is 261 Å². The molecular formula is C106H100FN31O6. The number of aromatic nitrogens is 19. The summed E-state index contributed by atoms with van der Waals surface area (Å²) < 4.78 is 22.5. The van der Waals surface area contributed by atoms with Gasteiger partial charge in [0.1, 0.15) is 34.9 Å². The van der Waals surface area contributed by atoms with Gasteiger partial charge in [-0.25, -0.2) is 34.9 Å². The minimum atomic E-state index is -0.562. The molecule has 38 heteroatoms. The molecule has 5 saturated heterocycles. The molecule has 6 amide bonds. The fraction of sp³-hybridized carbons (Fsp3) is 0.226. The van der Waals surface area contributed by atoms with Crippen LogP contribution in [0.1, 0.15) is 137 Å². The number of halogens is 1. The number of hydrogen-bond donors (Lipinski definition) is 11. The number of allylic oxidation sites excluding steroid dienone is 5. The van der Waals surface area contributed by atoms with E-state index in [2.05, 4.69) is 142 Å². The maximum Gasteiger partial charge on any atom is 0.251 e. The molecule has 722 valence electrons. The normalized spacial score (nSPS) is 17.8. The van der Waals surface area contributed by atoms with Crippen molar-refractivity contribution in [2.75, 3.05) is 45.6 Å². The Bertz CT molecular complexity index is 7800. The smallest absolute Gasteiger partial charge is 0.251 e. The Kier molecular flexibility index (Phi) is 25.2. The molecule has 14 aromatic heterocycles. The third-order valence-electron chi connectivity index (χ3n) is 24.9. The van der Waals surface area contributed by atoms with E-state index < -0.39 is 5.95 Å². The van der Waals surface area contributed by atoms with Crippen LogP contribution in [0.5, 0.6) is 0 Å². The van der Waals surface area contributed by atoms with Gasteiger partial charge in [0.05, 0.1) is 59.5 Å². The molecule has 5 saturated carbocycles. The highest BCUT2D eigenvalue weighted by Crippen LogP contribution is 2.39. The number of nitrogens with one attached hydrogen (secondary N) is 11. The second-order valence-corrected chi connectivity index (χ2v) is 37.2. The van der Waals surface area contributed by atoms with Gasteiger partial charge in [-0.3, -0.25) is 38.7 Å². The van der Waals surface area contributed by atoms with Crippen molar-refractivity contribution in [1.29, 1.82) is 0 Å². The zero-order valence-electron chi connectivity index (χ0n) is 79.1. The predicted octanol–water partition coefficient (Wildman–Crippen LogP) is 14.4. The lowest BCUT2D eigenvalue weighted by molar-refractivity contribution is -0.119. The number of carbonyl (C=O) groups is 6. The molecule has 0 unspecified atom stereocenters. The van der Waals surface area contributed by atoms with Gasteiger partial charge in [0, 0.05) is 275 Å². The van der Waals surface area contributed by atoms with Gasteiger partial charge in [0.2, 0.25) is 11.9 Å². The van der Waals surface area contributed by atoms with E-state index in [0.717, 1.165) is 178 Å². The van der Waals surface area contributed by atoms with Crippen LogP contribution >= 0.6 is 0 Å². The van der Waals surface area contributed by atoms with E-state index in [0.29, 0.717) is 165 Å². The number of anilines is 6. The standard InChI is InChI=1S/C24H24N6O2.C22H23N7O.C20H17FN6O.2C20H18N6O/c1-14-8-18(24(32)27-14)10-19-13-26-30-22(28-20-6-7-20)11-21(29-23(19)30)17-5-3-4-16(9-17)12-25-15(2)31;1-13-8-15(22(30)25-13)9-16-12-24-29-20(26-17-5-6-17)10-18(27-21(16)29)14-4-7-19(23-11-14)28(2)3;1-11-6-13(20(28)24-11)7-14-10-23-27-18(25-15-2-3-15)9-16(26-19(14)27)12-4-5-22-17(21)8-12;1-12-8-14(20(27)23-12)9-15-11-22-26-18(24-16-2-3-16)10-17(25-19(15)26)13-4-6-21-7-5-13;1-12-7-14(20(27)23-12)8-15-11-22-26-18(24-16-4-5-16)9-17(25-19(15)26)13-3-2-6-21-10-13/h3-5,9-11,13,20,28H,1,6-8,12H2,2H3,(H,25,31)(H,27,32);4,7,9-12,17,26H,1,5-6,8H2,2-3H3,(H,25,30);4-5,7-10,15,25H,1-3,6H2,(H,24,28);4-7,9-11,16,24H,1-3,8H2,(H,23,27);2-3,6,8-11,16,24H,1,4-5,7H2,(H,23,27)/b18-10+;15-9+;13-7+;14-9+;14-8+. The van der Waals surface area contributed by atoms with Crippen molar-refractivity contribution >= 4 is 129 Å². The average Bonchev–Trinajstić information content (AvgIpc) is 1.64. The molecule has 15 aromatic rings. The zero-order chi connectivity index (χ0) is 99.1. The van der Waals surface area contributed by atoms with Crippen LogP contribution < -0.4 is 63.4 Å². The minimum absolute atomic E-state index is 0.0681. The number of nitrogens with zero attached hydrogens (tertiary/aromatic N) is 20. The Morgan fingerprint density at radius 2 is 0.688 bits per heavy atom. The van der Waals surface area contributed by atoms with E-state index in [1.54, 1.807) is 90.5 Å². The van der Waals surface area contributed by atoms with Gasteiger partial charge in [0.15, 0.2) is 28.2 Å². The molecule has 0 spiro atoms. The molecule has 11 N–H and O–H groups in total. The molecule has 1 aromatic carbocycles. The summed E-state index contributed by atoms with van der Waals surface area (Å²) in [6.07, 6.45) is 42.0. The lowest BCUT2D eigenvalue weighted by Gasteiger charge is -2.12. The molecule has 37 nitrogen and oxygen atoms in total. The van der Waals surface area contributed by atoms with Crippen molar-refractivity contribution in [1.82, 2.24) is 125 Å². The van der Waals surface area contributed by atoms with Gasteiger partial charge in [-0.2, -0.15) is 52.5 Å². The summed E-state index contributed by atoms with van der Waals surface area (Å²) in [7, 11) is 3.92. The maximum atomic E-state index is 13.6. The fourth-order valence-electron chi connectivity index (χ4n) is 16.8. The van der Waals surface area contributed by atoms with Crippen molar-refractivity contribution in [3.63, 3.8) is 0 Å². The Labute approximate surface area is 824 Å². The number of amides is 6. The fourth-order valence-corrected chi connectivity index (χ4v) is 16.8. The van der Waals surface area contributed by atoms with Gasteiger partial charge in [0.25, 0.3) is 29.5 Å². The Balaban J connectivity index is 0.000000106. The summed E-state index contributed by atoms with van der Waals surface area (Å²) in [5, 5.41) is 56.6. The number of carbonyl (C=O) groups excluding carboxylic acids is 6. The quantitative estimate of drug-likeness (QED) is 0.0209. The van der Waals surface area contributed by atoms with Gasteiger partial charge < -0.3 is 63.4 Å². The highest BCUT2D eigenvalue weighted by atomic mass is 19.1. The van der Waals surface area contributed by atoms with Crippen LogP contribution in [0, 0.1) is 5.95 Å². The predicted molar refractivity (Wildman–Crippen MR) is 548 cm³/mol. The van der Waals surface area contributed by atoms with Crippen molar-refractivity contribution < 1.29 is 33.2 Å². The molecule has 19 heterocycles. The Morgan fingerprint density at radius 3 is 0.979 bits per heavy atom. The lowest BCUT2D eigenvalue weighted by atomic mass is 10.1. The van der Waals surface area contributed by atoms with Crippen LogP contribution in [0.4, 0.5) is 39.3 Å². The van der Waals surface area contributed by atoms with Gasteiger partial charge >= 0.3 is 0 Å². The molecule has 144 heavy (non-hydrogen) atoms. The summed E-state index contributed by atoms with van der Waals surface area (Å²) in [5.74, 6) is 3.96. The van der Waals surface area contributed by atoms with Crippen molar-refractivity contribution in [2.24, 2.45) is 0 Å². The molecule has 10 fully saturated rings. The first-order valence-corrected chi connectivity index (χ1v) is 47.5. The molecular weight excluding hydrogens is 1820 g/mol. The summed E-state index contributed by atoms with van der Waals surface area (Å²) in [4.78, 5) is 114. The Morgan fingerprint density at radius 1 is 0.368 bits per heavy atom. The number of pyridine rings is 4. The summed E-state index contributed by atoms with van der Waals surface area (Å²) in [6.45, 7) is 21.1. The molecule has 5 aliphatic carbocycles. The van der Waals surface area contributed by atoms with E-state index in [4.69, 9.17) is 19.9 Å². The lowest BCUT2D eigenvalue weighted by Crippen LogP contribution is -2.18. The van der Waals surface area contributed by atoms with Crippen molar-refractivity contribution in [2.45, 2.75) is 140 Å². The summed E-state index contributed by atoms with van der Waals surface area (Å²) in [5.41, 5.74) is 23.3. The molecule has 0 radical (unpaired) electrons. The van der Waals surface area contributed by atoms with E-state index in [-0.39, 0.29) is 35.4 Å². The molecule has 0 atom stereocenters. The first kappa shape index (κ1) is 92.2. The van der Waals surface area contributed by atoms with Gasteiger partial charge in [-0.1, -0.05) is 51.1 Å². The second kappa shape index (κ2) is 39.3. The number of fused-ring (bicyclic) bond motifs is 5. The highest BCUT2D eigenvalue weighted by Gasteiger charge is 2.33. The Hall–Kier alpha value is -18.1. The van der Waals surface area contributed by atoms with E-state index in [1.165, 1.54) is 19.2 Å². The summed E-state index contributed by atoms with van der Waals surface area (Å²) in [6, 6.07) is 34.9. The number of hydrogen-bond acceptors (Lipinski definition) is 26. The molecule has 5 aliphatic heterocycles.